The van der Waals surface area contributed by atoms with Gasteiger partial charge in [-0.3, -0.25) is 4.90 Å². The molecule has 3 rings (SSSR count). The molecule has 1 fully saturated rings. The van der Waals surface area contributed by atoms with E-state index in [0.717, 1.165) is 36.5 Å². The van der Waals surface area contributed by atoms with Gasteiger partial charge in [0.2, 0.25) is 0 Å². The van der Waals surface area contributed by atoms with E-state index in [9.17, 15) is 5.11 Å². The van der Waals surface area contributed by atoms with E-state index in [1.54, 1.807) is 13.2 Å². The standard InChI is InChI=1S/C17H22N2O3/c1-11-17(12(2)22-18-11)14-5-4-8-19(14)10-13-6-7-15(20)16(9-13)21-3/h6-7,9,14,20H,4-5,8,10H2,1-3H3. The number of likely N-dealkylation sites (tertiary alicyclic amines) is 1. The van der Waals surface area contributed by atoms with Gasteiger partial charge in [0, 0.05) is 18.2 Å². The van der Waals surface area contributed by atoms with Gasteiger partial charge in [-0.1, -0.05) is 11.2 Å². The van der Waals surface area contributed by atoms with E-state index >= 15 is 0 Å². The summed E-state index contributed by atoms with van der Waals surface area (Å²) in [6.45, 7) is 5.87. The van der Waals surface area contributed by atoms with Gasteiger partial charge in [-0.05, 0) is 50.9 Å². The number of phenols is 1. The molecule has 0 bridgehead atoms. The van der Waals surface area contributed by atoms with Crippen molar-refractivity contribution in [1.82, 2.24) is 10.1 Å². The molecule has 2 heterocycles. The molecule has 0 spiro atoms. The van der Waals surface area contributed by atoms with Crippen molar-refractivity contribution in [2.24, 2.45) is 0 Å². The predicted molar refractivity (Wildman–Crippen MR) is 83.0 cm³/mol. The van der Waals surface area contributed by atoms with Crippen LogP contribution in [0.4, 0.5) is 0 Å². The number of hydrogen-bond donors (Lipinski definition) is 1. The fourth-order valence-corrected chi connectivity index (χ4v) is 3.36. The van der Waals surface area contributed by atoms with Gasteiger partial charge >= 0.3 is 0 Å². The second-order valence-electron chi connectivity index (χ2n) is 5.87. The highest BCUT2D eigenvalue weighted by atomic mass is 16.5. The molecule has 5 nitrogen and oxygen atoms in total. The summed E-state index contributed by atoms with van der Waals surface area (Å²) < 4.78 is 10.5. The third-order valence-electron chi connectivity index (χ3n) is 4.42. The molecule has 22 heavy (non-hydrogen) atoms. The topological polar surface area (TPSA) is 58.7 Å². The first-order chi connectivity index (χ1) is 10.6. The number of aryl methyl sites for hydroxylation is 2. The number of aromatic nitrogens is 1. The van der Waals surface area contributed by atoms with E-state index in [4.69, 9.17) is 9.26 Å². The number of phenolic OH excluding ortho intramolecular Hbond substituents is 1. The average Bonchev–Trinajstić information content (AvgIpc) is 3.07. The largest absolute Gasteiger partial charge is 0.504 e. The van der Waals surface area contributed by atoms with Crippen LogP contribution in [0.1, 0.15) is 41.5 Å². The zero-order valence-electron chi connectivity index (χ0n) is 13.3. The maximum absolute atomic E-state index is 9.71. The first kappa shape index (κ1) is 14.9. The molecule has 0 amide bonds. The molecule has 0 aliphatic carbocycles. The lowest BCUT2D eigenvalue weighted by atomic mass is 10.0. The molecule has 1 aromatic heterocycles. The summed E-state index contributed by atoms with van der Waals surface area (Å²) in [5.74, 6) is 1.61. The minimum absolute atomic E-state index is 0.176. The molecule has 118 valence electrons. The molecule has 1 saturated heterocycles. The lowest BCUT2D eigenvalue weighted by molar-refractivity contribution is 0.245. The van der Waals surface area contributed by atoms with Crippen molar-refractivity contribution in [2.75, 3.05) is 13.7 Å². The molecule has 1 unspecified atom stereocenters. The van der Waals surface area contributed by atoms with Crippen LogP contribution in [0.2, 0.25) is 0 Å². The van der Waals surface area contributed by atoms with Crippen LogP contribution in [-0.2, 0) is 6.54 Å². The minimum atomic E-state index is 0.176. The summed E-state index contributed by atoms with van der Waals surface area (Å²) >= 11 is 0. The lowest BCUT2D eigenvalue weighted by Gasteiger charge is -2.24. The lowest BCUT2D eigenvalue weighted by Crippen LogP contribution is -2.23. The monoisotopic (exact) mass is 302 g/mol. The van der Waals surface area contributed by atoms with Crippen molar-refractivity contribution < 1.29 is 14.4 Å². The van der Waals surface area contributed by atoms with Crippen molar-refractivity contribution in [1.29, 1.82) is 0 Å². The molecule has 1 atom stereocenters. The minimum Gasteiger partial charge on any atom is -0.504 e. The Hall–Kier alpha value is -2.01. The second kappa shape index (κ2) is 6.01. The molecule has 1 aliphatic rings. The molecule has 0 saturated carbocycles. The van der Waals surface area contributed by atoms with Crippen LogP contribution in [0.5, 0.6) is 11.5 Å². The van der Waals surface area contributed by atoms with E-state index < -0.39 is 0 Å². The fourth-order valence-electron chi connectivity index (χ4n) is 3.36. The molecule has 2 aromatic rings. The van der Waals surface area contributed by atoms with E-state index in [1.165, 1.54) is 12.0 Å². The first-order valence-corrected chi connectivity index (χ1v) is 7.63. The van der Waals surface area contributed by atoms with E-state index in [0.29, 0.717) is 11.8 Å². The quantitative estimate of drug-likeness (QED) is 0.938. The number of nitrogens with zero attached hydrogens (tertiary/aromatic N) is 2. The van der Waals surface area contributed by atoms with Gasteiger partial charge in [0.1, 0.15) is 5.76 Å². The highest BCUT2D eigenvalue weighted by Crippen LogP contribution is 2.37. The van der Waals surface area contributed by atoms with E-state index in [-0.39, 0.29) is 5.75 Å². The van der Waals surface area contributed by atoms with Gasteiger partial charge in [-0.15, -0.1) is 0 Å². The number of benzene rings is 1. The van der Waals surface area contributed by atoms with Crippen molar-refractivity contribution in [3.05, 3.63) is 40.8 Å². The smallest absolute Gasteiger partial charge is 0.160 e. The van der Waals surface area contributed by atoms with Gasteiger partial charge in [-0.2, -0.15) is 0 Å². The van der Waals surface area contributed by atoms with Crippen molar-refractivity contribution >= 4 is 0 Å². The summed E-state index contributed by atoms with van der Waals surface area (Å²) in [4.78, 5) is 2.44. The second-order valence-corrected chi connectivity index (χ2v) is 5.87. The zero-order valence-corrected chi connectivity index (χ0v) is 13.3. The zero-order chi connectivity index (χ0) is 15.7. The number of hydrogen-bond acceptors (Lipinski definition) is 5. The van der Waals surface area contributed by atoms with Gasteiger partial charge < -0.3 is 14.4 Å². The van der Waals surface area contributed by atoms with Gasteiger partial charge in [0.05, 0.1) is 12.8 Å². The number of rotatable bonds is 4. The first-order valence-electron chi connectivity index (χ1n) is 7.63. The van der Waals surface area contributed by atoms with Gasteiger partial charge in [0.25, 0.3) is 0 Å². The Bertz CT molecular complexity index is 646. The van der Waals surface area contributed by atoms with E-state index in [2.05, 4.69) is 10.1 Å². The van der Waals surface area contributed by atoms with Crippen LogP contribution in [0.15, 0.2) is 22.7 Å². The average molecular weight is 302 g/mol. The van der Waals surface area contributed by atoms with Crippen LogP contribution in [0, 0.1) is 13.8 Å². The fraction of sp³-hybridized carbons (Fsp3) is 0.471. The number of aromatic hydroxyl groups is 1. The highest BCUT2D eigenvalue weighted by Gasteiger charge is 2.30. The maximum atomic E-state index is 9.71. The molecule has 1 aromatic carbocycles. The summed E-state index contributed by atoms with van der Waals surface area (Å²) in [6.07, 6.45) is 2.29. The Kier molecular flexibility index (Phi) is 4.07. The molecule has 0 radical (unpaired) electrons. The molecule has 5 heteroatoms. The maximum Gasteiger partial charge on any atom is 0.160 e. The van der Waals surface area contributed by atoms with Crippen LogP contribution >= 0.6 is 0 Å². The summed E-state index contributed by atoms with van der Waals surface area (Å²) in [6, 6.07) is 5.89. The molecular weight excluding hydrogens is 280 g/mol. The van der Waals surface area contributed by atoms with Crippen molar-refractivity contribution in [2.45, 2.75) is 39.3 Å². The third-order valence-corrected chi connectivity index (χ3v) is 4.42. The van der Waals surface area contributed by atoms with Crippen molar-refractivity contribution in [3.63, 3.8) is 0 Å². The SMILES string of the molecule is COc1cc(CN2CCCC2c2c(C)noc2C)ccc1O. The van der Waals surface area contributed by atoms with Crippen LogP contribution < -0.4 is 4.74 Å². The predicted octanol–water partition coefficient (Wildman–Crippen LogP) is 3.34. The summed E-state index contributed by atoms with van der Waals surface area (Å²) in [7, 11) is 1.57. The molecular formula is C17H22N2O3. The Labute approximate surface area is 130 Å². The number of methoxy groups -OCH3 is 1. The summed E-state index contributed by atoms with van der Waals surface area (Å²) in [5.41, 5.74) is 3.34. The Morgan fingerprint density at radius 3 is 2.91 bits per heavy atom. The normalized spacial score (nSPS) is 18.8. The summed E-state index contributed by atoms with van der Waals surface area (Å²) in [5, 5.41) is 13.8. The molecule has 1 N–H and O–H groups in total. The molecule has 1 aliphatic heterocycles. The number of ether oxygens (including phenoxy) is 1. The van der Waals surface area contributed by atoms with Crippen molar-refractivity contribution in [3.8, 4) is 11.5 Å². The van der Waals surface area contributed by atoms with Gasteiger partial charge in [0.15, 0.2) is 11.5 Å². The Balaban J connectivity index is 1.82. The third kappa shape index (κ3) is 2.68. The Morgan fingerprint density at radius 1 is 1.41 bits per heavy atom. The van der Waals surface area contributed by atoms with Crippen LogP contribution in [0.25, 0.3) is 0 Å². The van der Waals surface area contributed by atoms with E-state index in [1.807, 2.05) is 26.0 Å². The highest BCUT2D eigenvalue weighted by molar-refractivity contribution is 5.41. The van der Waals surface area contributed by atoms with Crippen LogP contribution in [-0.4, -0.2) is 28.8 Å². The van der Waals surface area contributed by atoms with Gasteiger partial charge in [-0.25, -0.2) is 0 Å². The Morgan fingerprint density at radius 2 is 2.23 bits per heavy atom. The van der Waals surface area contributed by atoms with Crippen LogP contribution in [0.3, 0.4) is 0 Å².